The standard InChI is InChI=1S/C13H11F3N2O2/c1-19-12-10(6-8(17)7-18-12)9-4-2-3-5-11(9)20-13(14,15)16/h2-7H,17H2,1H3. The number of alkyl halides is 3. The highest BCUT2D eigenvalue weighted by atomic mass is 19.4. The molecule has 0 bridgehead atoms. The van der Waals surface area contributed by atoms with Crippen LogP contribution in [0.25, 0.3) is 11.1 Å². The second kappa shape index (κ2) is 5.28. The number of pyridine rings is 1. The van der Waals surface area contributed by atoms with Gasteiger partial charge in [0.2, 0.25) is 5.88 Å². The lowest BCUT2D eigenvalue weighted by Gasteiger charge is -2.14. The third kappa shape index (κ3) is 3.11. The first-order chi connectivity index (χ1) is 9.40. The van der Waals surface area contributed by atoms with Crippen LogP contribution in [0.5, 0.6) is 11.6 Å². The fourth-order valence-corrected chi connectivity index (χ4v) is 1.73. The lowest BCUT2D eigenvalue weighted by Crippen LogP contribution is -2.17. The number of nitrogens with zero attached hydrogens (tertiary/aromatic N) is 1. The third-order valence-electron chi connectivity index (χ3n) is 2.47. The molecule has 0 amide bonds. The summed E-state index contributed by atoms with van der Waals surface area (Å²) >= 11 is 0. The Morgan fingerprint density at radius 2 is 1.85 bits per heavy atom. The molecule has 2 rings (SSSR count). The molecule has 1 aromatic carbocycles. The monoisotopic (exact) mass is 284 g/mol. The molecule has 0 spiro atoms. The van der Waals surface area contributed by atoms with E-state index < -0.39 is 6.36 Å². The lowest BCUT2D eigenvalue weighted by atomic mass is 10.1. The second-order valence-electron chi connectivity index (χ2n) is 3.87. The Bertz CT molecular complexity index is 615. The van der Waals surface area contributed by atoms with Gasteiger partial charge >= 0.3 is 6.36 Å². The van der Waals surface area contributed by atoms with Crippen molar-refractivity contribution >= 4 is 5.69 Å². The van der Waals surface area contributed by atoms with Gasteiger partial charge in [-0.1, -0.05) is 18.2 Å². The van der Waals surface area contributed by atoms with Gasteiger partial charge in [-0.2, -0.15) is 0 Å². The van der Waals surface area contributed by atoms with Gasteiger partial charge in [0.1, 0.15) is 5.75 Å². The molecule has 0 fully saturated rings. The molecular weight excluding hydrogens is 273 g/mol. The molecule has 4 nitrogen and oxygen atoms in total. The van der Waals surface area contributed by atoms with Gasteiger partial charge in [0.25, 0.3) is 0 Å². The predicted octanol–water partition coefficient (Wildman–Crippen LogP) is 3.24. The second-order valence-corrected chi connectivity index (χ2v) is 3.87. The number of ether oxygens (including phenoxy) is 2. The van der Waals surface area contributed by atoms with Gasteiger partial charge in [-0.25, -0.2) is 4.98 Å². The zero-order valence-electron chi connectivity index (χ0n) is 10.4. The summed E-state index contributed by atoms with van der Waals surface area (Å²) in [5.41, 5.74) is 6.45. The van der Waals surface area contributed by atoms with Gasteiger partial charge in [0.05, 0.1) is 19.0 Å². The Labute approximate surface area is 113 Å². The Morgan fingerprint density at radius 1 is 1.15 bits per heavy atom. The summed E-state index contributed by atoms with van der Waals surface area (Å²) in [6, 6.07) is 7.19. The van der Waals surface area contributed by atoms with Crippen LogP contribution in [-0.4, -0.2) is 18.5 Å². The number of nitrogens with two attached hydrogens (primary N) is 1. The van der Waals surface area contributed by atoms with Crippen LogP contribution in [0, 0.1) is 0 Å². The summed E-state index contributed by atoms with van der Waals surface area (Å²) in [4.78, 5) is 3.93. The molecule has 0 saturated heterocycles. The topological polar surface area (TPSA) is 57.4 Å². The van der Waals surface area contributed by atoms with Gasteiger partial charge in [-0.05, 0) is 12.1 Å². The molecule has 2 N–H and O–H groups in total. The number of para-hydroxylation sites is 1. The smallest absolute Gasteiger partial charge is 0.481 e. The van der Waals surface area contributed by atoms with Crippen LogP contribution in [-0.2, 0) is 0 Å². The molecular formula is C13H11F3N2O2. The normalized spacial score (nSPS) is 11.2. The molecule has 7 heteroatoms. The van der Waals surface area contributed by atoms with Crippen molar-refractivity contribution in [2.75, 3.05) is 12.8 Å². The van der Waals surface area contributed by atoms with Gasteiger partial charge in [0, 0.05) is 11.1 Å². The van der Waals surface area contributed by atoms with Crippen LogP contribution < -0.4 is 15.2 Å². The fraction of sp³-hybridized carbons (Fsp3) is 0.154. The van der Waals surface area contributed by atoms with Crippen molar-refractivity contribution in [1.82, 2.24) is 4.98 Å². The van der Waals surface area contributed by atoms with E-state index in [0.29, 0.717) is 11.3 Å². The minimum atomic E-state index is -4.78. The number of anilines is 1. The van der Waals surface area contributed by atoms with Gasteiger partial charge in [0.15, 0.2) is 0 Å². The number of rotatable bonds is 3. The Morgan fingerprint density at radius 3 is 2.50 bits per heavy atom. The van der Waals surface area contributed by atoms with E-state index in [4.69, 9.17) is 10.5 Å². The van der Waals surface area contributed by atoms with E-state index in [0.717, 1.165) is 0 Å². The van der Waals surface area contributed by atoms with E-state index in [1.54, 1.807) is 6.07 Å². The number of hydrogen-bond donors (Lipinski definition) is 1. The molecule has 0 aliphatic carbocycles. The highest BCUT2D eigenvalue weighted by Gasteiger charge is 2.32. The quantitative estimate of drug-likeness (QED) is 0.940. The third-order valence-corrected chi connectivity index (χ3v) is 2.47. The first-order valence-electron chi connectivity index (χ1n) is 5.55. The van der Waals surface area contributed by atoms with Gasteiger partial charge < -0.3 is 15.2 Å². The van der Waals surface area contributed by atoms with Crippen LogP contribution in [0.1, 0.15) is 0 Å². The maximum absolute atomic E-state index is 12.4. The van der Waals surface area contributed by atoms with Crippen molar-refractivity contribution in [3.63, 3.8) is 0 Å². The number of hydrogen-bond acceptors (Lipinski definition) is 4. The maximum Gasteiger partial charge on any atom is 0.573 e. The first kappa shape index (κ1) is 14.0. The van der Waals surface area contributed by atoms with Crippen molar-refractivity contribution in [1.29, 1.82) is 0 Å². The molecule has 1 heterocycles. The van der Waals surface area contributed by atoms with E-state index in [1.165, 1.54) is 37.6 Å². The summed E-state index contributed by atoms with van der Waals surface area (Å²) < 4.78 is 46.3. The molecule has 0 radical (unpaired) electrons. The van der Waals surface area contributed by atoms with Crippen molar-refractivity contribution in [3.8, 4) is 22.8 Å². The Kier molecular flexibility index (Phi) is 3.69. The molecule has 0 unspecified atom stereocenters. The SMILES string of the molecule is COc1ncc(N)cc1-c1ccccc1OC(F)(F)F. The van der Waals surface area contributed by atoms with Crippen molar-refractivity contribution in [2.24, 2.45) is 0 Å². The summed E-state index contributed by atoms with van der Waals surface area (Å²) in [6.45, 7) is 0. The summed E-state index contributed by atoms with van der Waals surface area (Å²) in [6.07, 6.45) is -3.42. The number of aromatic nitrogens is 1. The van der Waals surface area contributed by atoms with E-state index in [-0.39, 0.29) is 17.2 Å². The van der Waals surface area contributed by atoms with Gasteiger partial charge in [-0.15, -0.1) is 13.2 Å². The zero-order chi connectivity index (χ0) is 14.8. The minimum Gasteiger partial charge on any atom is -0.481 e. The summed E-state index contributed by atoms with van der Waals surface area (Å²) in [5, 5.41) is 0. The van der Waals surface area contributed by atoms with Crippen LogP contribution in [0.2, 0.25) is 0 Å². The fourth-order valence-electron chi connectivity index (χ4n) is 1.73. The van der Waals surface area contributed by atoms with Gasteiger partial charge in [-0.3, -0.25) is 0 Å². The van der Waals surface area contributed by atoms with E-state index in [1.807, 2.05) is 0 Å². The van der Waals surface area contributed by atoms with Crippen LogP contribution in [0.3, 0.4) is 0 Å². The number of halogens is 3. The maximum atomic E-state index is 12.4. The van der Waals surface area contributed by atoms with Crippen LogP contribution in [0.15, 0.2) is 36.5 Å². The van der Waals surface area contributed by atoms with E-state index in [2.05, 4.69) is 9.72 Å². The largest absolute Gasteiger partial charge is 0.573 e. The van der Waals surface area contributed by atoms with Crippen molar-refractivity contribution in [3.05, 3.63) is 36.5 Å². The highest BCUT2D eigenvalue weighted by Crippen LogP contribution is 2.38. The average Bonchev–Trinajstić information content (AvgIpc) is 2.37. The molecule has 0 atom stereocenters. The van der Waals surface area contributed by atoms with E-state index >= 15 is 0 Å². The molecule has 0 saturated carbocycles. The van der Waals surface area contributed by atoms with Crippen molar-refractivity contribution < 1.29 is 22.6 Å². The zero-order valence-corrected chi connectivity index (χ0v) is 10.4. The van der Waals surface area contributed by atoms with Crippen molar-refractivity contribution in [2.45, 2.75) is 6.36 Å². The lowest BCUT2D eigenvalue weighted by molar-refractivity contribution is -0.274. The summed E-state index contributed by atoms with van der Waals surface area (Å²) in [5.74, 6) is -0.178. The Balaban J connectivity index is 2.55. The minimum absolute atomic E-state index is 0.164. The van der Waals surface area contributed by atoms with E-state index in [9.17, 15) is 13.2 Å². The highest BCUT2D eigenvalue weighted by molar-refractivity contribution is 5.76. The molecule has 106 valence electrons. The molecule has 2 aromatic rings. The average molecular weight is 284 g/mol. The molecule has 1 aromatic heterocycles. The number of nitrogen functional groups attached to an aromatic ring is 1. The summed E-state index contributed by atoms with van der Waals surface area (Å²) in [7, 11) is 1.37. The van der Waals surface area contributed by atoms with Crippen LogP contribution >= 0.6 is 0 Å². The molecule has 0 aliphatic rings. The Hall–Kier alpha value is -2.44. The number of benzene rings is 1. The first-order valence-corrected chi connectivity index (χ1v) is 5.55. The predicted molar refractivity (Wildman–Crippen MR) is 67.3 cm³/mol. The molecule has 0 aliphatic heterocycles. The van der Waals surface area contributed by atoms with Crippen LogP contribution in [0.4, 0.5) is 18.9 Å². The molecule has 20 heavy (non-hydrogen) atoms. The number of methoxy groups -OCH3 is 1.